The second-order valence-corrected chi connectivity index (χ2v) is 0.306. The topological polar surface area (TPSA) is 9.23 Å². The summed E-state index contributed by atoms with van der Waals surface area (Å²) in [5.74, 6) is 0. The van der Waals surface area contributed by atoms with Crippen LogP contribution in [-0.2, 0) is 4.74 Å². The van der Waals surface area contributed by atoms with Crippen molar-refractivity contribution in [2.75, 3.05) is 7.11 Å². The Morgan fingerprint density at radius 3 is 3.25 bits per heavy atom. The molecule has 0 aromatic heterocycles. The second-order valence-electron chi connectivity index (χ2n) is 0.306. The fourth-order valence-electron chi connectivity index (χ4n) is 0. The number of hydrogen-bond donors (Lipinski definition) is 0. The highest BCUT2D eigenvalue weighted by Gasteiger charge is 1.34. The van der Waals surface area contributed by atoms with Crippen LogP contribution in [0.3, 0.4) is 0 Å². The van der Waals surface area contributed by atoms with Crippen molar-refractivity contribution in [3.05, 3.63) is 0 Å². The number of ether oxygens (including phenoxy) is 1. The summed E-state index contributed by atoms with van der Waals surface area (Å²) < 4.78 is 10.3. The van der Waals surface area contributed by atoms with Gasteiger partial charge in [0.05, 0.1) is 7.11 Å². The summed E-state index contributed by atoms with van der Waals surface area (Å²) in [5, 5.41) is 0. The Kier molecular flexibility index (Phi) is 0.978. The van der Waals surface area contributed by atoms with Gasteiger partial charge in [-0.3, -0.25) is 0 Å². The van der Waals surface area contributed by atoms with Crippen LogP contribution in [0.1, 0.15) is 1.37 Å². The Hall–Kier alpha value is -0.640. The zero-order valence-electron chi connectivity index (χ0n) is 3.41. The molecule has 0 atom stereocenters. The van der Waals surface area contributed by atoms with Gasteiger partial charge in [-0.15, -0.1) is 0 Å². The fourth-order valence-corrected chi connectivity index (χ4v) is 0. The van der Waals surface area contributed by atoms with Crippen LogP contribution in [0.25, 0.3) is 0 Å². The number of rotatable bonds is 0. The SMILES string of the molecule is [2H]C#COC. The van der Waals surface area contributed by atoms with Crippen LogP contribution in [-0.4, -0.2) is 7.11 Å². The molecule has 0 bridgehead atoms. The Bertz CT molecular complexity index is 59.0. The quantitative estimate of drug-likeness (QED) is 0.361. The summed E-state index contributed by atoms with van der Waals surface area (Å²) in [6.07, 6.45) is 3.82. The number of terminal acetylenes is 1. The molecule has 0 amide bonds. The smallest absolute Gasteiger partial charge is 0.127 e. The average molecular weight is 57.1 g/mol. The summed E-state index contributed by atoms with van der Waals surface area (Å²) in [6.45, 7) is 0. The molecule has 4 heavy (non-hydrogen) atoms. The van der Waals surface area contributed by atoms with E-state index in [0.717, 1.165) is 0 Å². The molecule has 0 fully saturated rings. The second kappa shape index (κ2) is 2.36. The van der Waals surface area contributed by atoms with Crippen molar-refractivity contribution in [3.63, 3.8) is 0 Å². The average Bonchev–Trinajstić information content (AvgIpc) is 1.41. The Morgan fingerprint density at radius 1 is 2.50 bits per heavy atom. The van der Waals surface area contributed by atoms with Crippen molar-refractivity contribution in [1.29, 1.82) is 0 Å². The standard InChI is InChI=1S/C3H4O/c1-3-4-2/h1H,2H3/i1D. The van der Waals surface area contributed by atoms with Gasteiger partial charge in [-0.05, 0) is 0 Å². The Labute approximate surface area is 27.0 Å². The third-order valence-corrected chi connectivity index (χ3v) is 0.102. The predicted octanol–water partition coefficient (Wildman–Crippen LogP) is 0.223. The van der Waals surface area contributed by atoms with Gasteiger partial charge in [0.1, 0.15) is 7.48 Å². The Morgan fingerprint density at radius 2 is 3.25 bits per heavy atom. The molecule has 0 saturated heterocycles. The van der Waals surface area contributed by atoms with Crippen LogP contribution < -0.4 is 0 Å². The lowest BCUT2D eigenvalue weighted by Crippen LogP contribution is -1.55. The highest BCUT2D eigenvalue weighted by atomic mass is 16.5. The van der Waals surface area contributed by atoms with Gasteiger partial charge in [0.2, 0.25) is 0 Å². The third kappa shape index (κ3) is 1.36. The van der Waals surface area contributed by atoms with Crippen molar-refractivity contribution in [2.45, 2.75) is 0 Å². The molecular formula is C3H4O. The first-order chi connectivity index (χ1) is 2.41. The van der Waals surface area contributed by atoms with Crippen LogP contribution in [0, 0.1) is 12.5 Å². The summed E-state index contributed by atoms with van der Waals surface area (Å²) in [5.41, 5.74) is 0. The van der Waals surface area contributed by atoms with Crippen molar-refractivity contribution >= 4 is 0 Å². The van der Waals surface area contributed by atoms with E-state index in [0.29, 0.717) is 0 Å². The van der Waals surface area contributed by atoms with Crippen molar-refractivity contribution in [2.24, 2.45) is 0 Å². The van der Waals surface area contributed by atoms with E-state index in [1.807, 2.05) is 6.11 Å². The minimum absolute atomic E-state index is 1.42. The van der Waals surface area contributed by atoms with Gasteiger partial charge < -0.3 is 4.74 Å². The van der Waals surface area contributed by atoms with E-state index in [2.05, 4.69) is 4.74 Å². The van der Waals surface area contributed by atoms with E-state index < -0.39 is 0 Å². The molecule has 1 nitrogen and oxygen atoms in total. The maximum Gasteiger partial charge on any atom is 0.127 e. The lowest BCUT2D eigenvalue weighted by molar-refractivity contribution is 0.373. The highest BCUT2D eigenvalue weighted by molar-refractivity contribution is 4.65. The van der Waals surface area contributed by atoms with Gasteiger partial charge >= 0.3 is 0 Å². The molecule has 0 N–H and O–H groups in total. The first kappa shape index (κ1) is 1.66. The van der Waals surface area contributed by atoms with Gasteiger partial charge in [-0.1, -0.05) is 6.40 Å². The molecule has 0 spiro atoms. The molecule has 0 rings (SSSR count). The summed E-state index contributed by atoms with van der Waals surface area (Å²) in [4.78, 5) is 0. The molecule has 22 valence electrons. The molecule has 0 radical (unpaired) electrons. The summed E-state index contributed by atoms with van der Waals surface area (Å²) in [6, 6.07) is 0. The van der Waals surface area contributed by atoms with E-state index in [9.17, 15) is 0 Å². The van der Waals surface area contributed by atoms with Crippen LogP contribution in [0.2, 0.25) is 0 Å². The van der Waals surface area contributed by atoms with Gasteiger partial charge in [0.15, 0.2) is 0 Å². The first-order valence-corrected chi connectivity index (χ1v) is 0.862. The number of methoxy groups -OCH3 is 1. The molecule has 0 unspecified atom stereocenters. The molecule has 0 aliphatic rings. The zero-order valence-corrected chi connectivity index (χ0v) is 2.41. The molecule has 0 saturated carbocycles. The molecule has 0 aliphatic carbocycles. The first-order valence-electron chi connectivity index (χ1n) is 1.36. The predicted molar refractivity (Wildman–Crippen MR) is 15.8 cm³/mol. The Balaban J connectivity index is 2.81. The monoisotopic (exact) mass is 57.0 g/mol. The zero-order chi connectivity index (χ0) is 4.12. The largest absolute Gasteiger partial charge is 0.450 e. The molecule has 1 heteroatoms. The maximum atomic E-state index is 6.12. The highest BCUT2D eigenvalue weighted by Crippen LogP contribution is 1.41. The van der Waals surface area contributed by atoms with E-state index in [1.54, 1.807) is 6.40 Å². The minimum atomic E-state index is 1.42. The van der Waals surface area contributed by atoms with Crippen LogP contribution >= 0.6 is 0 Å². The lowest BCUT2D eigenvalue weighted by Gasteiger charge is -1.66. The summed E-state index contributed by atoms with van der Waals surface area (Å²) >= 11 is 0. The lowest BCUT2D eigenvalue weighted by atomic mass is 11.3. The van der Waals surface area contributed by atoms with Crippen molar-refractivity contribution < 1.29 is 6.11 Å². The summed E-state index contributed by atoms with van der Waals surface area (Å²) in [7, 11) is 1.42. The number of hydrogen-bond acceptors (Lipinski definition) is 1. The van der Waals surface area contributed by atoms with Crippen molar-refractivity contribution in [3.8, 4) is 12.5 Å². The van der Waals surface area contributed by atoms with E-state index >= 15 is 0 Å². The van der Waals surface area contributed by atoms with Crippen LogP contribution in [0.15, 0.2) is 0 Å². The van der Waals surface area contributed by atoms with Crippen molar-refractivity contribution in [1.82, 2.24) is 0 Å². The van der Waals surface area contributed by atoms with Crippen LogP contribution in [0.4, 0.5) is 0 Å². The van der Waals surface area contributed by atoms with Crippen LogP contribution in [0.5, 0.6) is 0 Å². The van der Waals surface area contributed by atoms with Gasteiger partial charge in [-0.2, -0.15) is 0 Å². The van der Waals surface area contributed by atoms with Gasteiger partial charge in [0.25, 0.3) is 0 Å². The third-order valence-electron chi connectivity index (χ3n) is 0.102. The van der Waals surface area contributed by atoms with E-state index in [4.69, 9.17) is 1.37 Å². The molecule has 0 aromatic carbocycles. The van der Waals surface area contributed by atoms with E-state index in [1.165, 1.54) is 7.11 Å². The van der Waals surface area contributed by atoms with E-state index in [-0.39, 0.29) is 0 Å². The molecule has 0 heterocycles. The fraction of sp³-hybridized carbons (Fsp3) is 0.333. The van der Waals surface area contributed by atoms with Gasteiger partial charge in [-0.25, -0.2) is 0 Å². The normalized spacial score (nSPS) is 5.75. The molecular weight excluding hydrogens is 52.0 g/mol. The maximum absolute atomic E-state index is 6.12. The van der Waals surface area contributed by atoms with Gasteiger partial charge in [0, 0.05) is 0 Å². The molecule has 0 aliphatic heterocycles. The minimum Gasteiger partial charge on any atom is -0.450 e. The molecule has 0 aromatic rings.